The van der Waals surface area contributed by atoms with Crippen molar-refractivity contribution in [3.63, 3.8) is 0 Å². The maximum Gasteiger partial charge on any atom is 0.198 e. The van der Waals surface area contributed by atoms with Crippen LogP contribution < -0.4 is 0 Å². The molecule has 1 saturated heterocycles. The van der Waals surface area contributed by atoms with Gasteiger partial charge in [-0.15, -0.1) is 5.73 Å². The largest absolute Gasteiger partial charge is 0.377 e. The van der Waals surface area contributed by atoms with Crippen LogP contribution in [0.3, 0.4) is 0 Å². The van der Waals surface area contributed by atoms with Crippen molar-refractivity contribution in [2.75, 3.05) is 13.7 Å². The van der Waals surface area contributed by atoms with Crippen molar-refractivity contribution in [1.29, 1.82) is 0 Å². The maximum absolute atomic E-state index is 10.7. The van der Waals surface area contributed by atoms with E-state index in [9.17, 15) is 5.11 Å². The summed E-state index contributed by atoms with van der Waals surface area (Å²) in [7, 11) is 7.80. The van der Waals surface area contributed by atoms with Crippen LogP contribution in [0.1, 0.15) is 0 Å². The summed E-state index contributed by atoms with van der Waals surface area (Å²) in [5.74, 6) is 0. The summed E-state index contributed by atoms with van der Waals surface area (Å²) in [6.45, 7) is 3.74. The van der Waals surface area contributed by atoms with E-state index in [0.29, 0.717) is 0 Å². The monoisotopic (exact) mass is 330 g/mol. The Balaban J connectivity index is 2.99. The Morgan fingerprint density at radius 2 is 2.28 bits per heavy atom. The molecule has 1 aliphatic rings. The van der Waals surface area contributed by atoms with Crippen LogP contribution in [0.2, 0.25) is 0 Å². The van der Waals surface area contributed by atoms with Crippen LogP contribution in [0, 0.1) is 0 Å². The van der Waals surface area contributed by atoms with Crippen molar-refractivity contribution in [2.45, 2.75) is 24.1 Å². The quantitative estimate of drug-likeness (QED) is 0.592. The van der Waals surface area contributed by atoms with Gasteiger partial charge in [0, 0.05) is 16.6 Å². The van der Waals surface area contributed by atoms with E-state index in [2.05, 4.69) is 39.6 Å². The van der Waals surface area contributed by atoms with Crippen molar-refractivity contribution in [2.24, 2.45) is 0 Å². The summed E-state index contributed by atoms with van der Waals surface area (Å²) >= 11 is 0. The second-order valence-corrected chi connectivity index (χ2v) is 9.80. The summed E-state index contributed by atoms with van der Waals surface area (Å²) in [6.07, 6.45) is -0.481. The molecular formula is C9H18O5P4. The van der Waals surface area contributed by atoms with E-state index in [0.717, 1.165) is 0 Å². The van der Waals surface area contributed by atoms with Crippen LogP contribution in [-0.4, -0.2) is 42.9 Å². The number of methoxy groups -OCH3 is 1. The minimum absolute atomic E-state index is 0.266. The zero-order chi connectivity index (χ0) is 13.8. The molecule has 1 heterocycles. The molecule has 0 saturated carbocycles. The van der Waals surface area contributed by atoms with Crippen LogP contribution in [0.4, 0.5) is 0 Å². The first kappa shape index (κ1) is 17.1. The normalized spacial score (nSPS) is 35.8. The van der Waals surface area contributed by atoms with Gasteiger partial charge < -0.3 is 23.6 Å². The van der Waals surface area contributed by atoms with E-state index in [1.165, 1.54) is 13.2 Å². The molecule has 5 nitrogen and oxygen atoms in total. The molecule has 0 aromatic rings. The maximum atomic E-state index is 10.7. The average Bonchev–Trinajstić information content (AvgIpc) is 2.52. The van der Waals surface area contributed by atoms with E-state index < -0.39 is 31.6 Å². The minimum Gasteiger partial charge on any atom is -0.377 e. The Bertz CT molecular complexity index is 322. The Morgan fingerprint density at radius 1 is 1.61 bits per heavy atom. The van der Waals surface area contributed by atoms with Gasteiger partial charge in [-0.1, -0.05) is 24.4 Å². The third kappa shape index (κ3) is 3.78. The van der Waals surface area contributed by atoms with Crippen LogP contribution in [-0.2, 0) is 18.5 Å². The summed E-state index contributed by atoms with van der Waals surface area (Å²) in [5, 5.41) is 10.7. The third-order valence-corrected chi connectivity index (χ3v) is 3.89. The number of rotatable bonds is 6. The summed E-state index contributed by atoms with van der Waals surface area (Å²) in [6, 6.07) is 0. The molecule has 18 heavy (non-hydrogen) atoms. The van der Waals surface area contributed by atoms with Crippen molar-refractivity contribution < 1.29 is 23.6 Å². The highest BCUT2D eigenvalue weighted by Gasteiger charge is 2.56. The van der Waals surface area contributed by atoms with E-state index in [1.807, 2.05) is 0 Å². The second kappa shape index (κ2) is 7.72. The Labute approximate surface area is 115 Å². The average molecular weight is 330 g/mol. The lowest BCUT2D eigenvalue weighted by atomic mass is 9.95. The third-order valence-electron chi connectivity index (χ3n) is 2.53. The van der Waals surface area contributed by atoms with Crippen LogP contribution in [0.15, 0.2) is 18.4 Å². The van der Waals surface area contributed by atoms with Gasteiger partial charge in [0.15, 0.2) is 11.9 Å². The van der Waals surface area contributed by atoms with Gasteiger partial charge in [0.2, 0.25) is 0 Å². The van der Waals surface area contributed by atoms with Gasteiger partial charge >= 0.3 is 0 Å². The van der Waals surface area contributed by atoms with E-state index >= 15 is 0 Å². The van der Waals surface area contributed by atoms with Gasteiger partial charge in [0.1, 0.15) is 12.2 Å². The molecule has 5 unspecified atom stereocenters. The molecule has 1 fully saturated rings. The summed E-state index contributed by atoms with van der Waals surface area (Å²) in [5.41, 5.74) is 1.13. The van der Waals surface area contributed by atoms with Gasteiger partial charge in [-0.25, -0.2) is 0 Å². The predicted molar refractivity (Wildman–Crippen MR) is 81.2 cm³/mol. The lowest BCUT2D eigenvalue weighted by Gasteiger charge is -2.29. The summed E-state index contributed by atoms with van der Waals surface area (Å²) < 4.78 is 21.5. The minimum atomic E-state index is -1.43. The first-order chi connectivity index (χ1) is 8.49. The van der Waals surface area contributed by atoms with Gasteiger partial charge in [0.25, 0.3) is 0 Å². The first-order valence-electron chi connectivity index (χ1n) is 5.05. The Hall–Kier alpha value is 1.04. The van der Waals surface area contributed by atoms with Crippen molar-refractivity contribution in [3.8, 4) is 0 Å². The lowest BCUT2D eigenvalue weighted by Crippen LogP contribution is -2.48. The predicted octanol–water partition coefficient (Wildman–Crippen LogP) is 1.60. The summed E-state index contributed by atoms with van der Waals surface area (Å²) in [4.78, 5) is 0. The lowest BCUT2D eigenvalue weighted by molar-refractivity contribution is -0.135. The molecular weight excluding hydrogens is 312 g/mol. The molecule has 1 aliphatic heterocycles. The highest BCUT2D eigenvalue weighted by atomic mass is 32.4. The second-order valence-electron chi connectivity index (χ2n) is 3.70. The fourth-order valence-electron chi connectivity index (χ4n) is 1.87. The molecule has 9 heteroatoms. The van der Waals surface area contributed by atoms with Gasteiger partial charge in [0.05, 0.1) is 14.1 Å². The van der Waals surface area contributed by atoms with E-state index in [-0.39, 0.29) is 6.61 Å². The molecule has 1 rings (SSSR count). The van der Waals surface area contributed by atoms with Gasteiger partial charge in [-0.2, -0.15) is 0 Å². The molecule has 0 spiro atoms. The number of hydrogen-bond acceptors (Lipinski definition) is 5. The van der Waals surface area contributed by atoms with Crippen molar-refractivity contribution >= 4 is 34.8 Å². The molecule has 1 N–H and O–H groups in total. The van der Waals surface area contributed by atoms with E-state index in [1.54, 1.807) is 0 Å². The topological polar surface area (TPSA) is 57.2 Å². The van der Waals surface area contributed by atoms with Crippen molar-refractivity contribution in [1.82, 2.24) is 0 Å². The number of ether oxygens (including phenoxy) is 2. The number of aliphatic hydroxyl groups is 1. The standard InChI is InChI=1S/C9H18O5P4/c1-3-4-9(10)7(11-2)6(5-12-15)13-8(9)14-18(16)17/h4,6-8,10H,1,5,15-17H2,2H3/t6-,7?,8?,9-/m1/s1. The molecule has 7 atom stereocenters. The number of hydrogen-bond donors (Lipinski definition) is 1. The van der Waals surface area contributed by atoms with Crippen LogP contribution in [0.25, 0.3) is 0 Å². The van der Waals surface area contributed by atoms with Gasteiger partial charge in [-0.05, 0) is 6.08 Å². The fourth-order valence-corrected chi connectivity index (χ4v) is 3.16. The zero-order valence-electron chi connectivity index (χ0n) is 9.98. The fraction of sp³-hybridized carbons (Fsp3) is 0.667. The zero-order valence-corrected chi connectivity index (χ0v) is 14.3. The molecule has 0 aliphatic carbocycles. The SMILES string of the molecule is C=C=C[C@]1(O)C(OP(P)P)O[C@H](COP)C1OC. The highest BCUT2D eigenvalue weighted by molar-refractivity contribution is 8.41. The molecule has 0 aromatic heterocycles. The van der Waals surface area contributed by atoms with Crippen LogP contribution >= 0.6 is 34.8 Å². The smallest absolute Gasteiger partial charge is 0.198 e. The molecule has 0 aromatic carbocycles. The van der Waals surface area contributed by atoms with Crippen LogP contribution in [0.5, 0.6) is 0 Å². The van der Waals surface area contributed by atoms with E-state index in [4.69, 9.17) is 18.5 Å². The molecule has 104 valence electrons. The Kier molecular flexibility index (Phi) is 7.34. The van der Waals surface area contributed by atoms with Gasteiger partial charge in [-0.3, -0.25) is 0 Å². The Morgan fingerprint density at radius 3 is 2.72 bits per heavy atom. The highest BCUT2D eigenvalue weighted by Crippen LogP contribution is 2.57. The van der Waals surface area contributed by atoms with Crippen molar-refractivity contribution in [3.05, 3.63) is 18.4 Å². The first-order valence-corrected chi connectivity index (χ1v) is 10.0. The molecule has 0 radical (unpaired) electrons. The molecule has 0 amide bonds. The molecule has 0 bridgehead atoms.